The molecular weight excluding hydrogens is 214 g/mol. The number of aromatic nitrogens is 4. The average Bonchev–Trinajstić information content (AvgIpc) is 2.69. The summed E-state index contributed by atoms with van der Waals surface area (Å²) in [6.07, 6.45) is 6.29. The van der Waals surface area contributed by atoms with Crippen LogP contribution in [0, 0.1) is 11.3 Å². The number of halogens is 1. The third kappa shape index (κ3) is 2.11. The lowest BCUT2D eigenvalue weighted by atomic mass is 10.4. The van der Waals surface area contributed by atoms with Crippen LogP contribution < -0.4 is 0 Å². The Labute approximate surface area is 91.0 Å². The predicted octanol–water partition coefficient (Wildman–Crippen LogP) is 1.25. The van der Waals surface area contributed by atoms with Gasteiger partial charge in [-0.1, -0.05) is 11.6 Å². The Balaban J connectivity index is 2.23. The molecule has 0 radical (unpaired) electrons. The van der Waals surface area contributed by atoms with Crippen LogP contribution in [0.4, 0.5) is 0 Å². The molecule has 2 heterocycles. The van der Waals surface area contributed by atoms with Gasteiger partial charge in [0.2, 0.25) is 0 Å². The van der Waals surface area contributed by atoms with Gasteiger partial charge >= 0.3 is 0 Å². The van der Waals surface area contributed by atoms with Gasteiger partial charge in [0.1, 0.15) is 6.07 Å². The van der Waals surface area contributed by atoms with Gasteiger partial charge in [0.05, 0.1) is 18.6 Å². The van der Waals surface area contributed by atoms with Crippen molar-refractivity contribution in [3.05, 3.63) is 41.5 Å². The second kappa shape index (κ2) is 4.07. The van der Waals surface area contributed by atoms with Crippen molar-refractivity contribution in [3.63, 3.8) is 0 Å². The van der Waals surface area contributed by atoms with Gasteiger partial charge in [-0.3, -0.25) is 4.98 Å². The lowest BCUT2D eigenvalue weighted by Crippen LogP contribution is -2.00. The van der Waals surface area contributed by atoms with Crippen LogP contribution >= 0.6 is 11.6 Å². The molecule has 0 saturated carbocycles. The Morgan fingerprint density at radius 2 is 2.13 bits per heavy atom. The van der Waals surface area contributed by atoms with E-state index in [0.29, 0.717) is 23.1 Å². The zero-order valence-corrected chi connectivity index (χ0v) is 8.39. The van der Waals surface area contributed by atoms with E-state index in [2.05, 4.69) is 15.0 Å². The zero-order chi connectivity index (χ0) is 10.7. The van der Waals surface area contributed by atoms with Crippen LogP contribution in [0.2, 0.25) is 5.15 Å². The molecule has 2 aromatic rings. The first-order valence-corrected chi connectivity index (χ1v) is 4.54. The molecule has 2 rings (SSSR count). The van der Waals surface area contributed by atoms with E-state index in [1.807, 2.05) is 6.07 Å². The Kier molecular flexibility index (Phi) is 2.61. The molecule has 15 heavy (non-hydrogen) atoms. The molecule has 0 fully saturated rings. The number of hydrogen-bond donors (Lipinski definition) is 0. The van der Waals surface area contributed by atoms with E-state index in [1.165, 1.54) is 6.20 Å². The summed E-state index contributed by atoms with van der Waals surface area (Å²) in [5.41, 5.74) is 1.02. The standard InChI is InChI=1S/C9H6ClN5/c10-9-8(12-1-2-13-9)5-15-4-7(3-11)14-6-15/h1-2,4,6H,5H2. The maximum absolute atomic E-state index is 8.59. The van der Waals surface area contributed by atoms with Gasteiger partial charge in [-0.15, -0.1) is 0 Å². The van der Waals surface area contributed by atoms with Crippen molar-refractivity contribution in [2.45, 2.75) is 6.54 Å². The minimum atomic E-state index is 0.365. The zero-order valence-electron chi connectivity index (χ0n) is 7.63. The van der Waals surface area contributed by atoms with Crippen LogP contribution in [0.1, 0.15) is 11.4 Å². The van der Waals surface area contributed by atoms with Crippen molar-refractivity contribution in [3.8, 4) is 6.07 Å². The molecule has 0 aliphatic heterocycles. The minimum Gasteiger partial charge on any atom is -0.330 e. The molecule has 0 aliphatic rings. The molecule has 0 amide bonds. The number of rotatable bonds is 2. The molecule has 5 nitrogen and oxygen atoms in total. The van der Waals surface area contributed by atoms with E-state index in [4.69, 9.17) is 16.9 Å². The molecule has 0 aromatic carbocycles. The highest BCUT2D eigenvalue weighted by Crippen LogP contribution is 2.10. The van der Waals surface area contributed by atoms with E-state index in [1.54, 1.807) is 23.3 Å². The molecule has 0 bridgehead atoms. The Bertz CT molecular complexity index is 513. The van der Waals surface area contributed by atoms with Crippen LogP contribution in [0.3, 0.4) is 0 Å². The molecule has 0 N–H and O–H groups in total. The lowest BCUT2D eigenvalue weighted by Gasteiger charge is -2.01. The summed E-state index contributed by atoms with van der Waals surface area (Å²) in [7, 11) is 0. The van der Waals surface area contributed by atoms with E-state index >= 15 is 0 Å². The summed E-state index contributed by atoms with van der Waals surface area (Å²) in [5.74, 6) is 0. The van der Waals surface area contributed by atoms with Crippen molar-refractivity contribution in [1.82, 2.24) is 19.5 Å². The second-order valence-corrected chi connectivity index (χ2v) is 3.19. The topological polar surface area (TPSA) is 67.4 Å². The van der Waals surface area contributed by atoms with Crippen molar-refractivity contribution in [1.29, 1.82) is 5.26 Å². The SMILES string of the molecule is N#Cc1cn(Cc2nccnc2Cl)cn1. The first kappa shape index (κ1) is 9.62. The summed E-state index contributed by atoms with van der Waals surface area (Å²) in [6.45, 7) is 0.460. The third-order valence-corrected chi connectivity index (χ3v) is 2.12. The predicted molar refractivity (Wildman–Crippen MR) is 53.1 cm³/mol. The molecule has 0 aliphatic carbocycles. The maximum atomic E-state index is 8.59. The molecule has 74 valence electrons. The average molecular weight is 220 g/mol. The van der Waals surface area contributed by atoms with Crippen LogP contribution in [0.5, 0.6) is 0 Å². The van der Waals surface area contributed by atoms with E-state index in [0.717, 1.165) is 0 Å². The smallest absolute Gasteiger partial charge is 0.158 e. The van der Waals surface area contributed by atoms with Gasteiger partial charge < -0.3 is 4.57 Å². The summed E-state index contributed by atoms with van der Waals surface area (Å²) in [6, 6.07) is 1.95. The summed E-state index contributed by atoms with van der Waals surface area (Å²) >= 11 is 5.84. The van der Waals surface area contributed by atoms with Crippen molar-refractivity contribution in [2.24, 2.45) is 0 Å². The van der Waals surface area contributed by atoms with Crippen molar-refractivity contribution < 1.29 is 0 Å². The molecule has 0 spiro atoms. The number of nitriles is 1. The molecular formula is C9H6ClN5. The third-order valence-electron chi connectivity index (χ3n) is 1.80. The quantitative estimate of drug-likeness (QED) is 0.762. The Morgan fingerprint density at radius 1 is 1.33 bits per heavy atom. The Morgan fingerprint density at radius 3 is 2.80 bits per heavy atom. The van der Waals surface area contributed by atoms with Crippen LogP contribution in [-0.4, -0.2) is 19.5 Å². The highest BCUT2D eigenvalue weighted by Gasteiger charge is 2.04. The monoisotopic (exact) mass is 219 g/mol. The van der Waals surface area contributed by atoms with Crippen LogP contribution in [-0.2, 0) is 6.54 Å². The summed E-state index contributed by atoms with van der Waals surface area (Å²) in [4.78, 5) is 11.9. The highest BCUT2D eigenvalue weighted by molar-refractivity contribution is 6.29. The van der Waals surface area contributed by atoms with E-state index in [9.17, 15) is 0 Å². The maximum Gasteiger partial charge on any atom is 0.158 e. The molecule has 0 unspecified atom stereocenters. The highest BCUT2D eigenvalue weighted by atomic mass is 35.5. The largest absolute Gasteiger partial charge is 0.330 e. The summed E-state index contributed by atoms with van der Waals surface area (Å²) in [5, 5.41) is 8.96. The fourth-order valence-corrected chi connectivity index (χ4v) is 1.30. The first-order chi connectivity index (χ1) is 7.29. The summed E-state index contributed by atoms with van der Waals surface area (Å²) < 4.78 is 1.73. The lowest BCUT2D eigenvalue weighted by molar-refractivity contribution is 0.767. The number of hydrogen-bond acceptors (Lipinski definition) is 4. The van der Waals surface area contributed by atoms with Crippen molar-refractivity contribution in [2.75, 3.05) is 0 Å². The Hall–Kier alpha value is -1.93. The van der Waals surface area contributed by atoms with Gasteiger partial charge in [0.15, 0.2) is 10.8 Å². The van der Waals surface area contributed by atoms with Gasteiger partial charge in [-0.05, 0) is 0 Å². The fraction of sp³-hybridized carbons (Fsp3) is 0.111. The van der Waals surface area contributed by atoms with E-state index in [-0.39, 0.29) is 0 Å². The van der Waals surface area contributed by atoms with Gasteiger partial charge in [0, 0.05) is 18.6 Å². The molecule has 0 saturated heterocycles. The number of nitrogens with zero attached hydrogens (tertiary/aromatic N) is 5. The molecule has 2 aromatic heterocycles. The van der Waals surface area contributed by atoms with E-state index < -0.39 is 0 Å². The number of imidazole rings is 1. The van der Waals surface area contributed by atoms with Crippen LogP contribution in [0.25, 0.3) is 0 Å². The fourth-order valence-electron chi connectivity index (χ4n) is 1.13. The normalized spacial score (nSPS) is 9.87. The first-order valence-electron chi connectivity index (χ1n) is 4.17. The van der Waals surface area contributed by atoms with Crippen molar-refractivity contribution >= 4 is 11.6 Å². The van der Waals surface area contributed by atoms with Gasteiger partial charge in [-0.25, -0.2) is 9.97 Å². The van der Waals surface area contributed by atoms with Gasteiger partial charge in [0.25, 0.3) is 0 Å². The van der Waals surface area contributed by atoms with Gasteiger partial charge in [-0.2, -0.15) is 5.26 Å². The minimum absolute atomic E-state index is 0.365. The molecule has 0 atom stereocenters. The second-order valence-electron chi connectivity index (χ2n) is 2.84. The van der Waals surface area contributed by atoms with Crippen LogP contribution in [0.15, 0.2) is 24.9 Å². The molecule has 6 heteroatoms.